The molecule has 4 atom stereocenters. The summed E-state index contributed by atoms with van der Waals surface area (Å²) in [4.78, 5) is 23.2. The number of hydrogen-bond donors (Lipinski definition) is 1. The smallest absolute Gasteiger partial charge is 0.338 e. The van der Waals surface area contributed by atoms with Gasteiger partial charge in [-0.15, -0.1) is 0 Å². The molecule has 0 bridgehead atoms. The maximum Gasteiger partial charge on any atom is 0.338 e. The Balaban J connectivity index is 1.93. The van der Waals surface area contributed by atoms with Gasteiger partial charge in [-0.3, -0.25) is 4.79 Å². The van der Waals surface area contributed by atoms with Crippen molar-refractivity contribution in [3.05, 3.63) is 22.8 Å². The van der Waals surface area contributed by atoms with Crippen molar-refractivity contribution in [3.63, 3.8) is 0 Å². The van der Waals surface area contributed by atoms with E-state index in [2.05, 4.69) is 0 Å². The summed E-state index contributed by atoms with van der Waals surface area (Å²) < 4.78 is 16.1. The van der Waals surface area contributed by atoms with Crippen molar-refractivity contribution in [2.45, 2.75) is 63.9 Å². The SMILES string of the molecule is CC(=O)OCC1=C2CC(O)C3(C)OC3CCC(C)=CC2OC1=O. The number of rotatable bonds is 2. The maximum atomic E-state index is 12.1. The minimum atomic E-state index is -0.723. The van der Waals surface area contributed by atoms with E-state index in [0.717, 1.165) is 18.4 Å². The Morgan fingerprint density at radius 3 is 2.96 bits per heavy atom. The fourth-order valence-electron chi connectivity index (χ4n) is 3.28. The second-order valence-corrected chi connectivity index (χ2v) is 6.67. The van der Waals surface area contributed by atoms with Crippen LogP contribution in [0.25, 0.3) is 0 Å². The van der Waals surface area contributed by atoms with Gasteiger partial charge in [-0.25, -0.2) is 4.79 Å². The summed E-state index contributed by atoms with van der Waals surface area (Å²) in [6.07, 6.45) is 2.66. The van der Waals surface area contributed by atoms with Crippen molar-refractivity contribution in [3.8, 4) is 0 Å². The molecule has 0 aromatic carbocycles. The van der Waals surface area contributed by atoms with Crippen LogP contribution in [-0.2, 0) is 23.8 Å². The average molecular weight is 322 g/mol. The van der Waals surface area contributed by atoms with E-state index in [1.807, 2.05) is 19.9 Å². The van der Waals surface area contributed by atoms with Crippen LogP contribution in [0.3, 0.4) is 0 Å². The molecule has 0 aromatic rings. The fraction of sp³-hybridized carbons (Fsp3) is 0.647. The molecule has 1 N–H and O–H groups in total. The lowest BCUT2D eigenvalue weighted by atomic mass is 9.87. The van der Waals surface area contributed by atoms with Crippen LogP contribution in [0, 0.1) is 0 Å². The molecule has 0 spiro atoms. The highest BCUT2D eigenvalue weighted by atomic mass is 16.6. The molecule has 1 saturated heterocycles. The van der Waals surface area contributed by atoms with E-state index < -0.39 is 29.7 Å². The summed E-state index contributed by atoms with van der Waals surface area (Å²) in [5, 5.41) is 10.5. The highest BCUT2D eigenvalue weighted by Crippen LogP contribution is 2.46. The third-order valence-corrected chi connectivity index (χ3v) is 4.92. The molecule has 2 aliphatic heterocycles. The number of allylic oxidation sites excluding steroid dienone is 1. The molecule has 0 saturated carbocycles. The molecule has 1 aliphatic carbocycles. The lowest BCUT2D eigenvalue weighted by Gasteiger charge is -2.20. The van der Waals surface area contributed by atoms with Gasteiger partial charge in [-0.2, -0.15) is 0 Å². The summed E-state index contributed by atoms with van der Waals surface area (Å²) in [5.41, 5.74) is 1.55. The number of esters is 2. The van der Waals surface area contributed by atoms with Gasteiger partial charge in [0.15, 0.2) is 0 Å². The van der Waals surface area contributed by atoms with Gasteiger partial charge in [0, 0.05) is 13.3 Å². The molecule has 126 valence electrons. The van der Waals surface area contributed by atoms with Crippen molar-refractivity contribution in [2.75, 3.05) is 6.61 Å². The fourth-order valence-corrected chi connectivity index (χ4v) is 3.28. The molecule has 1 fully saturated rings. The lowest BCUT2D eigenvalue weighted by Crippen LogP contribution is -2.31. The first-order valence-corrected chi connectivity index (χ1v) is 7.90. The van der Waals surface area contributed by atoms with E-state index >= 15 is 0 Å². The second-order valence-electron chi connectivity index (χ2n) is 6.67. The molecular formula is C17H22O6. The molecule has 0 aromatic heterocycles. The predicted octanol–water partition coefficient (Wildman–Crippen LogP) is 1.42. The van der Waals surface area contributed by atoms with Crippen LogP contribution >= 0.6 is 0 Å². The molecule has 0 amide bonds. The van der Waals surface area contributed by atoms with E-state index in [1.54, 1.807) is 0 Å². The van der Waals surface area contributed by atoms with Crippen LogP contribution in [0.15, 0.2) is 22.8 Å². The number of hydrogen-bond acceptors (Lipinski definition) is 6. The third-order valence-electron chi connectivity index (χ3n) is 4.92. The first-order chi connectivity index (χ1) is 10.8. The molecule has 3 rings (SSSR count). The van der Waals surface area contributed by atoms with Crippen molar-refractivity contribution in [1.82, 2.24) is 0 Å². The van der Waals surface area contributed by atoms with Crippen molar-refractivity contribution >= 4 is 11.9 Å². The van der Waals surface area contributed by atoms with E-state index in [9.17, 15) is 14.7 Å². The third kappa shape index (κ3) is 3.05. The van der Waals surface area contributed by atoms with Crippen LogP contribution in [-0.4, -0.2) is 47.6 Å². The zero-order chi connectivity index (χ0) is 16.8. The van der Waals surface area contributed by atoms with Crippen LogP contribution in [0.2, 0.25) is 0 Å². The van der Waals surface area contributed by atoms with Gasteiger partial charge in [0.2, 0.25) is 0 Å². The number of aliphatic hydroxyl groups excluding tert-OH is 1. The summed E-state index contributed by atoms with van der Waals surface area (Å²) >= 11 is 0. The van der Waals surface area contributed by atoms with Crippen molar-refractivity contribution in [2.24, 2.45) is 0 Å². The zero-order valence-electron chi connectivity index (χ0n) is 13.6. The minimum Gasteiger partial charge on any atom is -0.461 e. The molecule has 4 unspecified atom stereocenters. The number of carbonyl (C=O) groups is 2. The monoisotopic (exact) mass is 322 g/mol. The Morgan fingerprint density at radius 1 is 1.52 bits per heavy atom. The summed E-state index contributed by atoms with van der Waals surface area (Å²) in [7, 11) is 0. The number of fused-ring (bicyclic) bond motifs is 2. The first-order valence-electron chi connectivity index (χ1n) is 7.90. The van der Waals surface area contributed by atoms with Gasteiger partial charge < -0.3 is 19.3 Å². The van der Waals surface area contributed by atoms with Gasteiger partial charge in [0.25, 0.3) is 0 Å². The Morgan fingerprint density at radius 2 is 2.26 bits per heavy atom. The highest BCUT2D eigenvalue weighted by Gasteiger charge is 2.57. The highest BCUT2D eigenvalue weighted by molar-refractivity contribution is 5.93. The van der Waals surface area contributed by atoms with E-state index in [1.165, 1.54) is 6.92 Å². The van der Waals surface area contributed by atoms with Gasteiger partial charge in [0.05, 0.1) is 17.8 Å². The summed E-state index contributed by atoms with van der Waals surface area (Å²) in [5.74, 6) is -0.945. The first kappa shape index (κ1) is 16.2. The largest absolute Gasteiger partial charge is 0.461 e. The quantitative estimate of drug-likeness (QED) is 0.470. The molecule has 6 nitrogen and oxygen atoms in total. The Kier molecular flexibility index (Phi) is 4.06. The molecular weight excluding hydrogens is 300 g/mol. The zero-order valence-corrected chi connectivity index (χ0v) is 13.6. The number of epoxide rings is 1. The Labute approximate surface area is 135 Å². The molecule has 0 radical (unpaired) electrons. The maximum absolute atomic E-state index is 12.1. The molecule has 2 heterocycles. The van der Waals surface area contributed by atoms with E-state index in [-0.39, 0.29) is 19.1 Å². The van der Waals surface area contributed by atoms with Crippen molar-refractivity contribution in [1.29, 1.82) is 0 Å². The average Bonchev–Trinajstić information content (AvgIpc) is 3.05. The second kappa shape index (κ2) is 5.76. The summed E-state index contributed by atoms with van der Waals surface area (Å²) in [6.45, 7) is 5.05. The minimum absolute atomic E-state index is 0.0351. The topological polar surface area (TPSA) is 85.4 Å². The number of carbonyl (C=O) groups excluding carboxylic acids is 2. The van der Waals surface area contributed by atoms with Crippen LogP contribution in [0.4, 0.5) is 0 Å². The van der Waals surface area contributed by atoms with Crippen molar-refractivity contribution < 1.29 is 28.9 Å². The van der Waals surface area contributed by atoms with Crippen LogP contribution in [0.5, 0.6) is 0 Å². The number of ether oxygens (including phenoxy) is 3. The normalized spacial score (nSPS) is 36.6. The van der Waals surface area contributed by atoms with E-state index in [4.69, 9.17) is 14.2 Å². The van der Waals surface area contributed by atoms with Gasteiger partial charge >= 0.3 is 11.9 Å². The van der Waals surface area contributed by atoms with E-state index in [0.29, 0.717) is 11.1 Å². The lowest BCUT2D eigenvalue weighted by molar-refractivity contribution is -0.142. The van der Waals surface area contributed by atoms with Crippen LogP contribution in [0.1, 0.15) is 40.0 Å². The molecule has 6 heteroatoms. The van der Waals surface area contributed by atoms with Crippen LogP contribution < -0.4 is 0 Å². The standard InChI is InChI=1S/C17H22O6/c1-9-4-5-15-17(3,23-15)14(19)7-11-12(8-21-10(2)18)16(20)22-13(11)6-9/h6,13-15,19H,4-5,7-8H2,1-3H3. The van der Waals surface area contributed by atoms with Gasteiger partial charge in [-0.1, -0.05) is 5.57 Å². The van der Waals surface area contributed by atoms with Gasteiger partial charge in [0.1, 0.15) is 18.3 Å². The molecule has 3 aliphatic rings. The Bertz CT molecular complexity index is 604. The number of aliphatic hydroxyl groups is 1. The van der Waals surface area contributed by atoms with Gasteiger partial charge in [-0.05, 0) is 38.3 Å². The molecule has 23 heavy (non-hydrogen) atoms. The predicted molar refractivity (Wildman–Crippen MR) is 80.4 cm³/mol. The Hall–Kier alpha value is -1.66. The summed E-state index contributed by atoms with van der Waals surface area (Å²) in [6, 6.07) is 0.